The van der Waals surface area contributed by atoms with E-state index < -0.39 is 5.91 Å². The normalized spacial score (nSPS) is 10.6. The highest BCUT2D eigenvalue weighted by Crippen LogP contribution is 2.27. The van der Waals surface area contributed by atoms with E-state index in [0.29, 0.717) is 22.4 Å². The number of nitrogens with one attached hydrogen (secondary N) is 1. The quantitative estimate of drug-likeness (QED) is 0.307. The van der Waals surface area contributed by atoms with Crippen LogP contribution in [0.1, 0.15) is 5.82 Å². The molecule has 3 rings (SSSR count). The third-order valence-electron chi connectivity index (χ3n) is 3.78. The first-order chi connectivity index (χ1) is 14.9. The molecule has 0 saturated carbocycles. The summed E-state index contributed by atoms with van der Waals surface area (Å²) >= 11 is 2.35. The van der Waals surface area contributed by atoms with Gasteiger partial charge >= 0.3 is 0 Å². The second kappa shape index (κ2) is 10.7. The summed E-state index contributed by atoms with van der Waals surface area (Å²) in [5.41, 5.74) is 5.76. The van der Waals surface area contributed by atoms with Crippen LogP contribution in [0.15, 0.2) is 58.6 Å². The third kappa shape index (κ3) is 6.62. The summed E-state index contributed by atoms with van der Waals surface area (Å²) in [5.74, 6) is 5.87. The van der Waals surface area contributed by atoms with Gasteiger partial charge in [-0.3, -0.25) is 9.59 Å². The van der Waals surface area contributed by atoms with Crippen LogP contribution in [-0.4, -0.2) is 38.2 Å². The van der Waals surface area contributed by atoms with Gasteiger partial charge in [-0.05, 0) is 36.4 Å². The van der Waals surface area contributed by atoms with E-state index in [1.807, 2.05) is 0 Å². The first kappa shape index (κ1) is 22.4. The van der Waals surface area contributed by atoms with Gasteiger partial charge < -0.3 is 21.6 Å². The zero-order valence-electron chi connectivity index (χ0n) is 16.2. The fourth-order valence-corrected chi connectivity index (χ4v) is 3.77. The van der Waals surface area contributed by atoms with E-state index in [1.165, 1.54) is 40.7 Å². The Morgan fingerprint density at radius 3 is 2.55 bits per heavy atom. The van der Waals surface area contributed by atoms with Crippen LogP contribution in [0.3, 0.4) is 0 Å². The smallest absolute Gasteiger partial charge is 0.234 e. The summed E-state index contributed by atoms with van der Waals surface area (Å²) in [7, 11) is 0. The van der Waals surface area contributed by atoms with Crippen molar-refractivity contribution in [3.63, 3.8) is 0 Å². The number of primary amides is 1. The van der Waals surface area contributed by atoms with Gasteiger partial charge in [-0.2, -0.15) is 0 Å². The van der Waals surface area contributed by atoms with Crippen molar-refractivity contribution < 1.29 is 18.7 Å². The van der Waals surface area contributed by atoms with Crippen molar-refractivity contribution in [2.24, 2.45) is 5.73 Å². The number of hydrogen-bond donors (Lipinski definition) is 3. The maximum atomic E-state index is 12.9. The second-order valence-corrected chi connectivity index (χ2v) is 8.06. The van der Waals surface area contributed by atoms with Crippen LogP contribution in [0.25, 0.3) is 0 Å². The number of carbonyl (C=O) groups is 2. The minimum absolute atomic E-state index is 0.0341. The van der Waals surface area contributed by atoms with E-state index >= 15 is 0 Å². The number of aromatic nitrogens is 3. The molecule has 0 bridgehead atoms. The maximum absolute atomic E-state index is 12.9. The molecule has 0 saturated heterocycles. The highest BCUT2D eigenvalue weighted by atomic mass is 32.2. The lowest BCUT2D eigenvalue weighted by molar-refractivity contribution is -0.115. The zero-order chi connectivity index (χ0) is 22.2. The molecule has 0 spiro atoms. The van der Waals surface area contributed by atoms with Crippen molar-refractivity contribution in [2.75, 3.05) is 22.7 Å². The van der Waals surface area contributed by atoms with Gasteiger partial charge in [0.05, 0.1) is 17.2 Å². The molecule has 162 valence electrons. The van der Waals surface area contributed by atoms with Gasteiger partial charge in [-0.25, -0.2) is 9.07 Å². The topological polar surface area (TPSA) is 138 Å². The van der Waals surface area contributed by atoms with Gasteiger partial charge in [-0.1, -0.05) is 23.9 Å². The molecule has 9 nitrogen and oxygen atoms in total. The van der Waals surface area contributed by atoms with Gasteiger partial charge in [0.1, 0.15) is 18.2 Å². The molecule has 0 unspecified atom stereocenters. The minimum atomic E-state index is -0.442. The highest BCUT2D eigenvalue weighted by Gasteiger charge is 2.14. The molecule has 0 fully saturated rings. The number of rotatable bonds is 10. The Kier molecular flexibility index (Phi) is 7.73. The number of nitrogens with two attached hydrogens (primary N) is 2. The number of para-hydroxylation sites is 1. The Bertz CT molecular complexity index is 1060. The summed E-state index contributed by atoms with van der Waals surface area (Å²) in [4.78, 5) is 24.1. The number of hydrogen-bond acceptors (Lipinski definition) is 8. The van der Waals surface area contributed by atoms with Crippen LogP contribution in [0, 0.1) is 5.82 Å². The van der Waals surface area contributed by atoms with Gasteiger partial charge in [0, 0.05) is 4.90 Å². The second-order valence-electron chi connectivity index (χ2n) is 6.10. The van der Waals surface area contributed by atoms with Crippen LogP contribution in [0.5, 0.6) is 5.75 Å². The van der Waals surface area contributed by atoms with Crippen molar-refractivity contribution in [1.82, 2.24) is 14.9 Å². The fraction of sp³-hybridized carbons (Fsp3) is 0.158. The van der Waals surface area contributed by atoms with E-state index in [4.69, 9.17) is 16.3 Å². The summed E-state index contributed by atoms with van der Waals surface area (Å²) in [6, 6.07) is 12.7. The molecular formula is C19H19FN6O3S2. The standard InChI is InChI=1S/C19H19FN6O3S2/c20-12-5-7-13(8-6-12)29-9-17-24-25-19(26(17)22)31-11-18(28)23-14-3-1-2-4-15(14)30-10-16(21)27/h1-8H,9-11,22H2,(H2,21,27)(H,23,28). The number of amides is 2. The van der Waals surface area contributed by atoms with Crippen molar-refractivity contribution in [2.45, 2.75) is 16.7 Å². The third-order valence-corrected chi connectivity index (χ3v) is 5.82. The average molecular weight is 463 g/mol. The minimum Gasteiger partial charge on any atom is -0.486 e. The Hall–Kier alpha value is -3.25. The molecule has 0 aliphatic heterocycles. The van der Waals surface area contributed by atoms with Crippen LogP contribution in [0.2, 0.25) is 0 Å². The number of halogens is 1. The largest absolute Gasteiger partial charge is 0.486 e. The van der Waals surface area contributed by atoms with E-state index in [2.05, 4.69) is 15.5 Å². The summed E-state index contributed by atoms with van der Waals surface area (Å²) < 4.78 is 19.7. The molecule has 2 amide bonds. The van der Waals surface area contributed by atoms with Crippen molar-refractivity contribution in [1.29, 1.82) is 0 Å². The Balaban J connectivity index is 1.53. The van der Waals surface area contributed by atoms with Crippen molar-refractivity contribution in [3.8, 4) is 5.75 Å². The lowest BCUT2D eigenvalue weighted by atomic mass is 10.3. The van der Waals surface area contributed by atoms with Gasteiger partial charge in [0.25, 0.3) is 0 Å². The molecule has 0 aliphatic carbocycles. The number of benzene rings is 2. The molecule has 1 aromatic heterocycles. The van der Waals surface area contributed by atoms with Crippen LogP contribution >= 0.6 is 23.5 Å². The van der Waals surface area contributed by atoms with E-state index in [0.717, 1.165) is 16.7 Å². The maximum Gasteiger partial charge on any atom is 0.234 e. The van der Waals surface area contributed by atoms with Gasteiger partial charge in [0.15, 0.2) is 5.82 Å². The highest BCUT2D eigenvalue weighted by molar-refractivity contribution is 8.00. The lowest BCUT2D eigenvalue weighted by Crippen LogP contribution is -2.18. The first-order valence-corrected chi connectivity index (χ1v) is 10.9. The van der Waals surface area contributed by atoms with E-state index in [1.54, 1.807) is 24.3 Å². The molecule has 12 heteroatoms. The molecule has 1 heterocycles. The average Bonchev–Trinajstić information content (AvgIpc) is 3.10. The number of carbonyl (C=O) groups excluding carboxylic acids is 2. The molecule has 3 aromatic rings. The predicted molar refractivity (Wildman–Crippen MR) is 117 cm³/mol. The molecule has 31 heavy (non-hydrogen) atoms. The Labute approximate surface area is 185 Å². The SMILES string of the molecule is NC(=O)CSc1ccccc1NC(=O)CSc1nnc(COc2ccc(F)cc2)n1N. The number of nitrogen functional groups attached to an aromatic ring is 1. The molecule has 2 aromatic carbocycles. The van der Waals surface area contributed by atoms with Crippen molar-refractivity contribution in [3.05, 3.63) is 60.2 Å². The molecular weight excluding hydrogens is 443 g/mol. The molecule has 0 aliphatic rings. The molecule has 0 radical (unpaired) electrons. The van der Waals surface area contributed by atoms with Crippen LogP contribution < -0.4 is 21.6 Å². The number of nitrogens with zero attached hydrogens (tertiary/aromatic N) is 3. The summed E-state index contributed by atoms with van der Waals surface area (Å²) in [6.07, 6.45) is 0. The van der Waals surface area contributed by atoms with Crippen LogP contribution in [0.4, 0.5) is 10.1 Å². The van der Waals surface area contributed by atoms with E-state index in [-0.39, 0.29) is 29.8 Å². The summed E-state index contributed by atoms with van der Waals surface area (Å²) in [5, 5.41) is 11.1. The lowest BCUT2D eigenvalue weighted by Gasteiger charge is -2.10. The van der Waals surface area contributed by atoms with Crippen molar-refractivity contribution >= 4 is 41.0 Å². The van der Waals surface area contributed by atoms with Gasteiger partial charge in [-0.15, -0.1) is 22.0 Å². The molecule has 0 atom stereocenters. The van der Waals surface area contributed by atoms with Crippen LogP contribution in [-0.2, 0) is 16.2 Å². The zero-order valence-corrected chi connectivity index (χ0v) is 17.8. The number of ether oxygens (including phenoxy) is 1. The number of anilines is 1. The van der Waals surface area contributed by atoms with E-state index in [9.17, 15) is 14.0 Å². The Morgan fingerprint density at radius 2 is 1.81 bits per heavy atom. The predicted octanol–water partition coefficient (Wildman–Crippen LogP) is 2.02. The Morgan fingerprint density at radius 1 is 1.06 bits per heavy atom. The first-order valence-electron chi connectivity index (χ1n) is 8.93. The summed E-state index contributed by atoms with van der Waals surface area (Å²) in [6.45, 7) is 0.0341. The monoisotopic (exact) mass is 462 g/mol. The van der Waals surface area contributed by atoms with Gasteiger partial charge in [0.2, 0.25) is 17.0 Å². The molecule has 5 N–H and O–H groups in total. The number of thioether (sulfide) groups is 2. The fourth-order valence-electron chi connectivity index (χ4n) is 2.34.